The first-order valence-corrected chi connectivity index (χ1v) is 47.7. The zero-order valence-corrected chi connectivity index (χ0v) is 80.8. The molecule has 0 N–H and O–H groups in total. The highest BCUT2D eigenvalue weighted by Gasteiger charge is 2.36. The van der Waals surface area contributed by atoms with Crippen LogP contribution in [0.25, 0.3) is 48.6 Å². The normalized spacial score (nSPS) is 19.0. The van der Waals surface area contributed by atoms with Crippen LogP contribution in [0.15, 0.2) is 190 Å². The highest BCUT2D eigenvalue weighted by Crippen LogP contribution is 2.32. The predicted molar refractivity (Wildman–Crippen MR) is 524 cm³/mol. The lowest BCUT2D eigenvalue weighted by Gasteiger charge is -2.35. The Kier molecular flexibility index (Phi) is 38.9. The van der Waals surface area contributed by atoms with Crippen LogP contribution in [-0.2, 0) is 38.4 Å². The number of halogens is 13. The highest BCUT2D eigenvalue weighted by atomic mass is 19.2. The quantitative estimate of drug-likeness (QED) is 0.0438. The number of hydrogen-bond acceptors (Lipinski definition) is 14. The van der Waals surface area contributed by atoms with Crippen molar-refractivity contribution in [3.05, 3.63) is 327 Å². The summed E-state index contributed by atoms with van der Waals surface area (Å²) in [6, 6.07) is 30.5. The molecule has 0 unspecified atom stereocenters. The van der Waals surface area contributed by atoms with Crippen LogP contribution in [0.3, 0.4) is 0 Å². The van der Waals surface area contributed by atoms with Crippen molar-refractivity contribution >= 4 is 95.4 Å². The van der Waals surface area contributed by atoms with E-state index >= 15 is 0 Å². The molecule has 8 aromatic rings. The van der Waals surface area contributed by atoms with Crippen LogP contribution in [0.4, 0.5) is 57.1 Å². The summed E-state index contributed by atoms with van der Waals surface area (Å²) in [6.45, 7) is 26.3. The van der Waals surface area contributed by atoms with E-state index in [1.807, 2.05) is 13.8 Å². The molecule has 7 aliphatic rings. The van der Waals surface area contributed by atoms with Crippen LogP contribution in [-0.4, -0.2) is 266 Å². The van der Waals surface area contributed by atoms with E-state index in [0.29, 0.717) is 129 Å². The fourth-order valence-electron chi connectivity index (χ4n) is 17.5. The zero-order chi connectivity index (χ0) is 102. The van der Waals surface area contributed by atoms with Gasteiger partial charge in [-0.1, -0.05) is 75.7 Å². The third-order valence-corrected chi connectivity index (χ3v) is 26.0. The minimum absolute atomic E-state index is 0.00932. The number of carbonyl (C=O) groups is 8. The molecule has 0 saturated carbocycles. The van der Waals surface area contributed by atoms with Gasteiger partial charge in [-0.05, 0) is 280 Å². The van der Waals surface area contributed by atoms with Crippen molar-refractivity contribution in [3.63, 3.8) is 0 Å². The number of amides is 4. The molecule has 15 rings (SSSR count). The molecule has 0 bridgehead atoms. The predicted octanol–water partition coefficient (Wildman–Crippen LogP) is 18.3. The van der Waals surface area contributed by atoms with E-state index in [1.165, 1.54) is 90.2 Å². The molecule has 7 heterocycles. The first-order chi connectivity index (χ1) is 67.9. The Morgan fingerprint density at radius 1 is 0.268 bits per heavy atom. The summed E-state index contributed by atoms with van der Waals surface area (Å²) in [5.74, 6) is -12.7. The standard InChI is InChI=1S/C28H29F4N3O2.C28H30F3N3O2.C28H29F3N2O2.C27H29F3N2O2/c1-2-33-9-11-34(12-10-33)8-7-27(36)35-17-21(13-19-3-5-23(29)25(31)15-19)28(37)22(18-35)14-20-4-6-24(30)26(32)16-20;1-19-13-20(3-5-24(19)29)14-22-17-34(27(35)7-8-33-11-9-32(2)10-12-33)18-23(28(22)36)15-21-4-6-25(30)26(31)16-21;1-19-13-20(5-7-24(19)29)14-22-17-33(27(34)9-12-32-10-3-2-4-11-32)18-23(28(22)35)15-21-6-8-25(30)26(31)16-21;1-4-31(5-2)11-10-26(33)32-16-21(13-19-6-8-23(28)18(3)12-19)27(34)22(17-32)14-20-7-9-24(29)25(30)15-20/h3-6,13-16H,2,7-12,17-18H2,1H3;3-6,13-16H,7-12,17-18H2,1-2H3;5-8,13-16H,2-4,9-12,17-18H2,1H3;6-9,12-15H,4-5,10-11,16-17H2,1-3H3/b21-13+,22-14+;2*22-14+,23-15+;21-13+,22-14+. The Bertz CT molecular complexity index is 5970. The molecular formula is C111H117F13N10O8. The summed E-state index contributed by atoms with van der Waals surface area (Å²) in [4.78, 5) is 125. The molecule has 0 spiro atoms. The molecule has 31 heteroatoms. The number of rotatable bonds is 23. The van der Waals surface area contributed by atoms with Gasteiger partial charge in [-0.2, -0.15) is 0 Å². The monoisotopic (exact) mass is 1960 g/mol. The molecule has 0 radical (unpaired) electrons. The van der Waals surface area contributed by atoms with Gasteiger partial charge in [0.2, 0.25) is 23.6 Å². The molecule has 8 aromatic carbocycles. The van der Waals surface area contributed by atoms with Crippen molar-refractivity contribution in [1.82, 2.24) is 49.0 Å². The first kappa shape index (κ1) is 108. The van der Waals surface area contributed by atoms with Gasteiger partial charge < -0.3 is 49.0 Å². The number of Topliss-reactive ketones (excluding diaryl/α,β-unsaturated/α-hetero) is 4. The van der Waals surface area contributed by atoms with E-state index in [4.69, 9.17) is 0 Å². The number of likely N-dealkylation sites (N-methyl/N-ethyl adjacent to an activating group) is 2. The van der Waals surface area contributed by atoms with Gasteiger partial charge in [0.1, 0.15) is 17.5 Å². The lowest BCUT2D eigenvalue weighted by Crippen LogP contribution is -2.47. The maximum atomic E-state index is 13.8. The molecule has 0 aromatic heterocycles. The van der Waals surface area contributed by atoms with Gasteiger partial charge in [0.25, 0.3) is 0 Å². The Labute approximate surface area is 819 Å². The number of likely N-dealkylation sites (tertiary alicyclic amines) is 5. The van der Waals surface area contributed by atoms with Gasteiger partial charge >= 0.3 is 0 Å². The van der Waals surface area contributed by atoms with Crippen LogP contribution in [0.2, 0.25) is 0 Å². The Morgan fingerprint density at radius 2 is 0.479 bits per heavy atom. The number of carbonyl (C=O) groups excluding carboxylic acids is 8. The minimum Gasteiger partial charge on any atom is -0.334 e. The average molecular weight is 1970 g/mol. The summed E-state index contributed by atoms with van der Waals surface area (Å²) in [5.41, 5.74) is 7.38. The molecule has 0 atom stereocenters. The zero-order valence-electron chi connectivity index (χ0n) is 80.8. The fourth-order valence-corrected chi connectivity index (χ4v) is 17.5. The van der Waals surface area contributed by atoms with Crippen LogP contribution < -0.4 is 0 Å². The highest BCUT2D eigenvalue weighted by molar-refractivity contribution is 6.18. The number of piperidine rings is 5. The van der Waals surface area contributed by atoms with Crippen LogP contribution in [0.5, 0.6) is 0 Å². The van der Waals surface area contributed by atoms with Crippen molar-refractivity contribution in [2.45, 2.75) is 86.5 Å². The maximum Gasteiger partial charge on any atom is 0.224 e. The van der Waals surface area contributed by atoms with E-state index in [2.05, 4.69) is 43.4 Å². The van der Waals surface area contributed by atoms with Crippen molar-refractivity contribution in [2.24, 2.45) is 0 Å². The van der Waals surface area contributed by atoms with Gasteiger partial charge in [0, 0.05) is 201 Å². The second kappa shape index (κ2) is 51.2. The molecule has 142 heavy (non-hydrogen) atoms. The smallest absolute Gasteiger partial charge is 0.224 e. The lowest BCUT2D eigenvalue weighted by molar-refractivity contribution is -0.132. The number of ketones is 4. The molecule has 750 valence electrons. The topological polar surface area (TPSA) is 169 Å². The van der Waals surface area contributed by atoms with Gasteiger partial charge in [-0.3, -0.25) is 38.4 Å². The summed E-state index contributed by atoms with van der Waals surface area (Å²) in [5, 5.41) is 0. The van der Waals surface area contributed by atoms with Gasteiger partial charge in [-0.25, -0.2) is 57.1 Å². The van der Waals surface area contributed by atoms with E-state index in [1.54, 1.807) is 90.1 Å². The summed E-state index contributed by atoms with van der Waals surface area (Å²) < 4.78 is 177. The van der Waals surface area contributed by atoms with E-state index in [0.717, 1.165) is 159 Å². The summed E-state index contributed by atoms with van der Waals surface area (Å²) >= 11 is 0. The second-order valence-corrected chi connectivity index (χ2v) is 36.4. The molecule has 0 aliphatic carbocycles. The van der Waals surface area contributed by atoms with Crippen molar-refractivity contribution in [1.29, 1.82) is 0 Å². The molecular weight excluding hydrogens is 1850 g/mol. The van der Waals surface area contributed by atoms with Gasteiger partial charge in [0.15, 0.2) is 81.3 Å². The molecule has 4 amide bonds. The minimum atomic E-state index is -1.05. The first-order valence-electron chi connectivity index (χ1n) is 47.7. The number of piperazine rings is 2. The summed E-state index contributed by atoms with van der Waals surface area (Å²) in [6.07, 6.45) is 17.0. The van der Waals surface area contributed by atoms with Gasteiger partial charge in [0.05, 0.1) is 0 Å². The number of nitrogens with zero attached hydrogens (tertiary/aromatic N) is 10. The lowest BCUT2D eigenvalue weighted by atomic mass is 9.93. The Morgan fingerprint density at radius 3 is 0.704 bits per heavy atom. The van der Waals surface area contributed by atoms with Crippen molar-refractivity contribution in [2.75, 3.05) is 171 Å². The third kappa shape index (κ3) is 30.6. The second-order valence-electron chi connectivity index (χ2n) is 36.4. The molecule has 18 nitrogen and oxygen atoms in total. The van der Waals surface area contributed by atoms with E-state index < -0.39 is 64.0 Å². The molecule has 7 saturated heterocycles. The molecule has 7 fully saturated rings. The maximum absolute atomic E-state index is 13.8. The van der Waals surface area contributed by atoms with Crippen LogP contribution >= 0.6 is 0 Å². The largest absolute Gasteiger partial charge is 0.334 e. The van der Waals surface area contributed by atoms with Crippen molar-refractivity contribution < 1.29 is 95.4 Å². The Balaban J connectivity index is 0.000000169. The van der Waals surface area contributed by atoms with Crippen LogP contribution in [0.1, 0.15) is 127 Å². The van der Waals surface area contributed by atoms with E-state index in [9.17, 15) is 95.4 Å². The molecule has 7 aliphatic heterocycles. The number of hydrogen-bond donors (Lipinski definition) is 0. The average Bonchev–Trinajstić information content (AvgIpc) is 0.812. The van der Waals surface area contributed by atoms with Crippen molar-refractivity contribution in [3.8, 4) is 0 Å². The fraction of sp³-hybridized carbons (Fsp3) is 0.351. The van der Waals surface area contributed by atoms with Crippen LogP contribution in [0, 0.1) is 96.4 Å². The number of benzene rings is 8. The number of aryl methyl sites for hydroxylation is 3. The van der Waals surface area contributed by atoms with Gasteiger partial charge in [-0.15, -0.1) is 0 Å². The third-order valence-electron chi connectivity index (χ3n) is 26.0. The SMILES string of the molecule is CCN(CC)CCC(=O)N1C/C(=C\c2ccc(F)c(C)c2)C(=O)/C(=C/c2ccc(F)c(F)c2)C1.CCN1CCN(CCC(=O)N2C/C(=C\c3ccc(F)c(F)c3)C(=O)/C(=C/c3ccc(F)c(F)c3)C2)CC1.Cc1cc(/C=C2\CN(C(=O)CCN3CCCCC3)C/C(=C\c3ccc(F)c(F)c3)C2=O)ccc1F.Cc1cc(/C=C2\CN(C(=O)CCN3CCN(C)CC3)C/C(=C\c3ccc(F)c(F)c3)C2=O)ccc1F. The summed E-state index contributed by atoms with van der Waals surface area (Å²) in [7, 11) is 2.07. The van der Waals surface area contributed by atoms with E-state index in [-0.39, 0.29) is 139 Å². The Hall–Kier alpha value is -12.9.